The lowest BCUT2D eigenvalue weighted by molar-refractivity contribution is 0.590. The van der Waals surface area contributed by atoms with Gasteiger partial charge in [0.15, 0.2) is 0 Å². The van der Waals surface area contributed by atoms with Crippen LogP contribution in [0.25, 0.3) is 43.9 Å². The molecule has 0 fully saturated rings. The van der Waals surface area contributed by atoms with Crippen molar-refractivity contribution in [2.24, 2.45) is 0 Å². The first-order valence-electron chi connectivity index (χ1n) is 26.0. The first-order valence-corrected chi connectivity index (χ1v) is 26.0. The van der Waals surface area contributed by atoms with E-state index < -0.39 is 0 Å². The summed E-state index contributed by atoms with van der Waals surface area (Å²) in [6.45, 7) is 13.7. The Kier molecular flexibility index (Phi) is 10.7. The van der Waals surface area contributed by atoms with Crippen LogP contribution in [-0.2, 0) is 10.8 Å². The van der Waals surface area contributed by atoms with E-state index in [0.717, 1.165) is 62.4 Å². The van der Waals surface area contributed by atoms with Gasteiger partial charge in [0.1, 0.15) is 0 Å². The molecule has 2 aliphatic rings. The molecule has 0 atom stereocenters. The zero-order valence-corrected chi connectivity index (χ0v) is 42.9. The molecule has 0 aliphatic carbocycles. The fourth-order valence-electron chi connectivity index (χ4n) is 11.7. The Morgan fingerprint density at radius 2 is 0.905 bits per heavy atom. The van der Waals surface area contributed by atoms with Crippen LogP contribution in [0.4, 0.5) is 51.2 Å². The summed E-state index contributed by atoms with van der Waals surface area (Å²) in [5.41, 5.74) is 20.7. The topological polar surface area (TPSA) is 22.6 Å². The lowest BCUT2D eigenvalue weighted by Crippen LogP contribution is -2.61. The third-order valence-corrected chi connectivity index (χ3v) is 15.4. The summed E-state index contributed by atoms with van der Waals surface area (Å²) in [6.07, 6.45) is 2.17. The van der Waals surface area contributed by atoms with Crippen LogP contribution in [0.3, 0.4) is 0 Å². The molecule has 2 aliphatic heterocycles. The summed E-state index contributed by atoms with van der Waals surface area (Å²) >= 11 is 0. The molecule has 3 heterocycles. The highest BCUT2D eigenvalue weighted by molar-refractivity contribution is 7.00. The molecule has 0 bridgehead atoms. The van der Waals surface area contributed by atoms with Crippen LogP contribution in [0.2, 0.25) is 0 Å². The van der Waals surface area contributed by atoms with Gasteiger partial charge in [0, 0.05) is 62.8 Å². The van der Waals surface area contributed by atoms with Gasteiger partial charge >= 0.3 is 0 Å². The van der Waals surface area contributed by atoms with E-state index in [9.17, 15) is 0 Å². The highest BCUT2D eigenvalue weighted by Gasteiger charge is 2.44. The van der Waals surface area contributed by atoms with Crippen molar-refractivity contribution in [3.8, 4) is 22.4 Å². The molecule has 356 valence electrons. The Morgan fingerprint density at radius 1 is 0.392 bits per heavy atom. The minimum absolute atomic E-state index is 0.00301. The van der Waals surface area contributed by atoms with Crippen LogP contribution in [0.5, 0.6) is 0 Å². The van der Waals surface area contributed by atoms with Crippen molar-refractivity contribution in [3.05, 3.63) is 248 Å². The SMILES string of the molecule is CC(C)(C)c1ccc(N(c2ccc3c(c2)N(c2ccccc2)c2cccc4c2B3c2cnc(-c3cccc5ccccc35)cc2N4c2ccccc2)c2ccc(C(C)(C)C)cc2-c2cccc3ccccc23)cc1. The van der Waals surface area contributed by atoms with Gasteiger partial charge in [-0.1, -0.05) is 193 Å². The fraction of sp³-hybridized carbons (Fsp3) is 0.116. The zero-order valence-electron chi connectivity index (χ0n) is 42.9. The highest BCUT2D eigenvalue weighted by atomic mass is 15.2. The van der Waals surface area contributed by atoms with Crippen molar-refractivity contribution in [1.29, 1.82) is 0 Å². The van der Waals surface area contributed by atoms with Crippen molar-refractivity contribution in [2.45, 2.75) is 52.4 Å². The minimum atomic E-state index is -0.105. The quantitative estimate of drug-likeness (QED) is 0.149. The maximum Gasteiger partial charge on any atom is 0.254 e. The normalized spacial score (nSPS) is 12.9. The predicted molar refractivity (Wildman–Crippen MR) is 316 cm³/mol. The molecule has 0 amide bonds. The number of hydrogen-bond acceptors (Lipinski definition) is 4. The number of pyridine rings is 1. The molecule has 0 unspecified atom stereocenters. The first-order chi connectivity index (χ1) is 36.0. The lowest BCUT2D eigenvalue weighted by Gasteiger charge is -2.44. The maximum absolute atomic E-state index is 5.40. The van der Waals surface area contributed by atoms with E-state index in [0.29, 0.717) is 0 Å². The number of nitrogens with zero attached hydrogens (tertiary/aromatic N) is 4. The van der Waals surface area contributed by atoms with Crippen LogP contribution in [0.15, 0.2) is 237 Å². The van der Waals surface area contributed by atoms with Gasteiger partial charge in [-0.25, -0.2) is 0 Å². The molecule has 0 radical (unpaired) electrons. The second kappa shape index (κ2) is 17.5. The number of para-hydroxylation sites is 2. The molecule has 11 aromatic rings. The Bertz CT molecular complexity index is 3940. The minimum Gasteiger partial charge on any atom is -0.311 e. The monoisotopic (exact) mass is 952 g/mol. The van der Waals surface area contributed by atoms with Crippen LogP contribution < -0.4 is 31.1 Å². The summed E-state index contributed by atoms with van der Waals surface area (Å²) in [5.74, 6) is 0. The van der Waals surface area contributed by atoms with E-state index in [1.165, 1.54) is 60.2 Å². The smallest absolute Gasteiger partial charge is 0.254 e. The van der Waals surface area contributed by atoms with Crippen molar-refractivity contribution in [2.75, 3.05) is 14.7 Å². The third kappa shape index (κ3) is 7.57. The van der Waals surface area contributed by atoms with Crippen molar-refractivity contribution >= 4 is 95.8 Å². The van der Waals surface area contributed by atoms with E-state index in [4.69, 9.17) is 4.98 Å². The lowest BCUT2D eigenvalue weighted by atomic mass is 9.33. The highest BCUT2D eigenvalue weighted by Crippen LogP contribution is 2.49. The van der Waals surface area contributed by atoms with E-state index >= 15 is 0 Å². The number of fused-ring (bicyclic) bond motifs is 6. The van der Waals surface area contributed by atoms with E-state index in [2.05, 4.69) is 293 Å². The van der Waals surface area contributed by atoms with Crippen LogP contribution in [0.1, 0.15) is 52.7 Å². The molecule has 0 spiro atoms. The average molecular weight is 953 g/mol. The second-order valence-electron chi connectivity index (χ2n) is 22.0. The molecule has 0 saturated carbocycles. The molecule has 10 aromatic carbocycles. The van der Waals surface area contributed by atoms with Crippen molar-refractivity contribution in [3.63, 3.8) is 0 Å². The predicted octanol–water partition coefficient (Wildman–Crippen LogP) is 16.9. The van der Waals surface area contributed by atoms with Crippen LogP contribution in [-0.4, -0.2) is 11.7 Å². The summed E-state index contributed by atoms with van der Waals surface area (Å²) in [6, 6.07) is 85.2. The standard InChI is InChI=1S/C69H57BN4/c1-68(2,3)48-34-37-52(38-35-48)72(62-41-36-49(69(4,5)6)42-58(62)56-30-17-22-46-20-13-15-28-54(46)56)53-39-40-59-65(43-53)73(50-24-9-7-10-25-50)63-32-19-33-64-67(63)70(59)60-45-71-61(44-66(60)74(64)51-26-11-8-12-27-51)57-31-18-23-47-21-14-16-29-55(47)57/h7-45H,1-6H3. The van der Waals surface area contributed by atoms with Gasteiger partial charge in [-0.15, -0.1) is 0 Å². The van der Waals surface area contributed by atoms with Gasteiger partial charge in [0.25, 0.3) is 6.71 Å². The van der Waals surface area contributed by atoms with Crippen LogP contribution in [0, 0.1) is 0 Å². The number of benzene rings is 10. The van der Waals surface area contributed by atoms with E-state index in [1.54, 1.807) is 0 Å². The maximum atomic E-state index is 5.40. The first kappa shape index (κ1) is 45.2. The molecule has 13 rings (SSSR count). The summed E-state index contributed by atoms with van der Waals surface area (Å²) in [7, 11) is 0. The molecule has 0 N–H and O–H groups in total. The Morgan fingerprint density at radius 3 is 1.53 bits per heavy atom. The summed E-state index contributed by atoms with van der Waals surface area (Å²) in [5, 5.41) is 4.85. The zero-order chi connectivity index (χ0) is 50.3. The average Bonchev–Trinajstić information content (AvgIpc) is 3.45. The van der Waals surface area contributed by atoms with Gasteiger partial charge in [0.05, 0.1) is 11.4 Å². The van der Waals surface area contributed by atoms with E-state index in [1.807, 2.05) is 0 Å². The molecule has 0 saturated heterocycles. The Hall–Kier alpha value is -8.67. The van der Waals surface area contributed by atoms with Gasteiger partial charge < -0.3 is 14.7 Å². The molecule has 1 aromatic heterocycles. The fourth-order valence-corrected chi connectivity index (χ4v) is 11.7. The van der Waals surface area contributed by atoms with Gasteiger partial charge in [-0.05, 0) is 144 Å². The number of hydrogen-bond donors (Lipinski definition) is 0. The number of aromatic nitrogens is 1. The molecule has 5 heteroatoms. The van der Waals surface area contributed by atoms with Crippen LogP contribution >= 0.6 is 0 Å². The molecule has 74 heavy (non-hydrogen) atoms. The second-order valence-corrected chi connectivity index (χ2v) is 22.0. The van der Waals surface area contributed by atoms with Gasteiger partial charge in [0.2, 0.25) is 0 Å². The molecular weight excluding hydrogens is 896 g/mol. The summed E-state index contributed by atoms with van der Waals surface area (Å²) < 4.78 is 0. The Labute approximate surface area is 435 Å². The van der Waals surface area contributed by atoms with Gasteiger partial charge in [-0.2, -0.15) is 0 Å². The Balaban J connectivity index is 1.07. The number of anilines is 9. The summed E-state index contributed by atoms with van der Waals surface area (Å²) in [4.78, 5) is 12.9. The third-order valence-electron chi connectivity index (χ3n) is 15.4. The number of rotatable bonds is 7. The molecular formula is C69H57BN4. The van der Waals surface area contributed by atoms with Crippen molar-refractivity contribution in [1.82, 2.24) is 4.98 Å². The van der Waals surface area contributed by atoms with E-state index in [-0.39, 0.29) is 17.5 Å². The van der Waals surface area contributed by atoms with Gasteiger partial charge in [-0.3, -0.25) is 4.98 Å². The largest absolute Gasteiger partial charge is 0.311 e. The van der Waals surface area contributed by atoms with Crippen molar-refractivity contribution < 1.29 is 0 Å². The molecule has 4 nitrogen and oxygen atoms in total.